The van der Waals surface area contributed by atoms with Gasteiger partial charge in [0.15, 0.2) is 5.82 Å². The number of aromatic nitrogens is 3. The fourth-order valence-electron chi connectivity index (χ4n) is 3.21. The zero-order valence-corrected chi connectivity index (χ0v) is 17.4. The van der Waals surface area contributed by atoms with E-state index in [0.717, 1.165) is 21.8 Å². The predicted molar refractivity (Wildman–Crippen MR) is 118 cm³/mol. The van der Waals surface area contributed by atoms with E-state index in [0.29, 0.717) is 29.2 Å². The van der Waals surface area contributed by atoms with Gasteiger partial charge in [-0.3, -0.25) is 0 Å². The molecule has 0 unspecified atom stereocenters. The second-order valence-corrected chi connectivity index (χ2v) is 7.64. The fraction of sp³-hybridized carbons (Fsp3) is 0.130. The fourth-order valence-corrected chi connectivity index (χ4v) is 3.82. The third-order valence-electron chi connectivity index (χ3n) is 4.58. The van der Waals surface area contributed by atoms with Crippen molar-refractivity contribution in [2.75, 3.05) is 12.4 Å². The molecule has 0 aliphatic carbocycles. The summed E-state index contributed by atoms with van der Waals surface area (Å²) < 4.78 is 5.13. The van der Waals surface area contributed by atoms with Gasteiger partial charge in [-0.2, -0.15) is 0 Å². The van der Waals surface area contributed by atoms with Crippen LogP contribution in [0.25, 0.3) is 22.4 Å². The van der Waals surface area contributed by atoms with Crippen molar-refractivity contribution in [3.8, 4) is 22.4 Å². The molecule has 0 amide bonds. The molecular weight excluding hydrogens is 396 g/mol. The van der Waals surface area contributed by atoms with Crippen molar-refractivity contribution in [1.29, 1.82) is 0 Å². The molecule has 0 saturated heterocycles. The van der Waals surface area contributed by atoms with Gasteiger partial charge in [0.25, 0.3) is 0 Å². The second-order valence-electron chi connectivity index (χ2n) is 6.58. The number of carbonyl (C=O) groups is 1. The summed E-state index contributed by atoms with van der Waals surface area (Å²) in [6.45, 7) is 2.39. The number of methoxy groups -OCH3 is 1. The van der Waals surface area contributed by atoms with Crippen LogP contribution in [0, 0.1) is 6.92 Å². The average molecular weight is 417 g/mol. The Morgan fingerprint density at radius 2 is 1.67 bits per heavy atom. The lowest BCUT2D eigenvalue weighted by atomic mass is 9.95. The maximum atomic E-state index is 12.9. The molecule has 4 aromatic rings. The van der Waals surface area contributed by atoms with E-state index in [1.54, 1.807) is 11.3 Å². The van der Waals surface area contributed by atoms with E-state index in [1.807, 2.05) is 73.0 Å². The lowest BCUT2D eigenvalue weighted by Crippen LogP contribution is -2.14. The standard InChI is InChI=1S/C23H20N4O2S/c1-15-25-18(14-30-15)13-24-22-20(23(28)29-2)19(16-9-5-3-6-10-16)21(26-27-22)17-11-7-4-8-12-17/h3-12,14H,13H2,1-2H3,(H,24,27). The average Bonchev–Trinajstić information content (AvgIpc) is 3.22. The number of benzene rings is 2. The van der Waals surface area contributed by atoms with Gasteiger partial charge in [0.05, 0.1) is 24.4 Å². The van der Waals surface area contributed by atoms with E-state index in [-0.39, 0.29) is 0 Å². The summed E-state index contributed by atoms with van der Waals surface area (Å²) in [5.74, 6) is -0.107. The van der Waals surface area contributed by atoms with Crippen LogP contribution in [0.2, 0.25) is 0 Å². The van der Waals surface area contributed by atoms with Crippen molar-refractivity contribution >= 4 is 23.1 Å². The van der Waals surface area contributed by atoms with Crippen molar-refractivity contribution in [1.82, 2.24) is 15.2 Å². The summed E-state index contributed by atoms with van der Waals surface area (Å²) >= 11 is 1.58. The van der Waals surface area contributed by atoms with Crippen LogP contribution in [-0.2, 0) is 11.3 Å². The van der Waals surface area contributed by atoms with Crippen LogP contribution in [0.3, 0.4) is 0 Å². The number of nitrogens with one attached hydrogen (secondary N) is 1. The van der Waals surface area contributed by atoms with Gasteiger partial charge in [-0.25, -0.2) is 9.78 Å². The van der Waals surface area contributed by atoms with E-state index in [1.165, 1.54) is 7.11 Å². The molecule has 30 heavy (non-hydrogen) atoms. The zero-order chi connectivity index (χ0) is 20.9. The molecule has 7 heteroatoms. The van der Waals surface area contributed by atoms with Crippen LogP contribution in [0.15, 0.2) is 66.0 Å². The smallest absolute Gasteiger partial charge is 0.342 e. The van der Waals surface area contributed by atoms with Gasteiger partial charge < -0.3 is 10.1 Å². The minimum Gasteiger partial charge on any atom is -0.465 e. The van der Waals surface area contributed by atoms with Crippen molar-refractivity contribution in [2.24, 2.45) is 0 Å². The molecule has 6 nitrogen and oxygen atoms in total. The second kappa shape index (κ2) is 8.84. The van der Waals surface area contributed by atoms with Crippen LogP contribution in [0.1, 0.15) is 21.1 Å². The number of nitrogens with zero attached hydrogens (tertiary/aromatic N) is 3. The number of hydrogen-bond acceptors (Lipinski definition) is 7. The topological polar surface area (TPSA) is 77.0 Å². The van der Waals surface area contributed by atoms with Gasteiger partial charge >= 0.3 is 5.97 Å². The monoisotopic (exact) mass is 416 g/mol. The number of anilines is 1. The highest BCUT2D eigenvalue weighted by molar-refractivity contribution is 7.09. The lowest BCUT2D eigenvalue weighted by Gasteiger charge is -2.16. The first-order valence-electron chi connectivity index (χ1n) is 9.42. The lowest BCUT2D eigenvalue weighted by molar-refractivity contribution is 0.0602. The van der Waals surface area contributed by atoms with Crippen LogP contribution in [0.4, 0.5) is 5.82 Å². The number of ether oxygens (including phenoxy) is 1. The Morgan fingerprint density at radius 3 is 2.27 bits per heavy atom. The molecule has 2 aromatic heterocycles. The summed E-state index contributed by atoms with van der Waals surface area (Å²) in [5, 5.41) is 15.0. The van der Waals surface area contributed by atoms with E-state index < -0.39 is 5.97 Å². The molecule has 4 rings (SSSR count). The van der Waals surface area contributed by atoms with Crippen LogP contribution in [-0.4, -0.2) is 28.3 Å². The third kappa shape index (κ3) is 4.06. The first-order chi connectivity index (χ1) is 14.7. The third-order valence-corrected chi connectivity index (χ3v) is 5.40. The highest BCUT2D eigenvalue weighted by Crippen LogP contribution is 2.36. The first kappa shape index (κ1) is 19.7. The molecule has 0 radical (unpaired) electrons. The molecule has 2 aromatic carbocycles. The number of hydrogen-bond donors (Lipinski definition) is 1. The normalized spacial score (nSPS) is 10.6. The Morgan fingerprint density at radius 1 is 1.00 bits per heavy atom. The van der Waals surface area contributed by atoms with Gasteiger partial charge in [0.1, 0.15) is 11.3 Å². The molecule has 0 fully saturated rings. The number of aryl methyl sites for hydroxylation is 1. The number of rotatable bonds is 6. The SMILES string of the molecule is COC(=O)c1c(NCc2csc(C)n2)nnc(-c2ccccc2)c1-c1ccccc1. The Balaban J connectivity index is 1.88. The molecule has 1 N–H and O–H groups in total. The molecule has 0 bridgehead atoms. The van der Waals surface area contributed by atoms with Crippen molar-refractivity contribution in [2.45, 2.75) is 13.5 Å². The zero-order valence-electron chi connectivity index (χ0n) is 16.6. The van der Waals surface area contributed by atoms with Crippen LogP contribution in [0.5, 0.6) is 0 Å². The van der Waals surface area contributed by atoms with E-state index in [2.05, 4.69) is 20.5 Å². The minimum absolute atomic E-state index is 0.351. The maximum absolute atomic E-state index is 12.9. The van der Waals surface area contributed by atoms with Gasteiger partial charge in [-0.15, -0.1) is 21.5 Å². The highest BCUT2D eigenvalue weighted by atomic mass is 32.1. The van der Waals surface area contributed by atoms with Crippen LogP contribution < -0.4 is 5.32 Å². The Bertz CT molecular complexity index is 1160. The molecule has 0 aliphatic rings. The quantitative estimate of drug-likeness (QED) is 0.447. The molecule has 0 saturated carbocycles. The number of carbonyl (C=O) groups excluding carboxylic acids is 1. The number of thiazole rings is 1. The van der Waals surface area contributed by atoms with Crippen molar-refractivity contribution < 1.29 is 9.53 Å². The molecule has 2 heterocycles. The summed E-state index contributed by atoms with van der Waals surface area (Å²) in [5.41, 5.74) is 4.26. The maximum Gasteiger partial charge on any atom is 0.342 e. The van der Waals surface area contributed by atoms with E-state index in [4.69, 9.17) is 4.74 Å². The number of esters is 1. The summed E-state index contributed by atoms with van der Waals surface area (Å²) in [7, 11) is 1.37. The van der Waals surface area contributed by atoms with Crippen molar-refractivity contribution in [3.63, 3.8) is 0 Å². The summed E-state index contributed by atoms with van der Waals surface area (Å²) in [4.78, 5) is 17.3. The first-order valence-corrected chi connectivity index (χ1v) is 10.3. The minimum atomic E-state index is -0.474. The Labute approximate surface area is 178 Å². The Hall–Kier alpha value is -3.58. The summed E-state index contributed by atoms with van der Waals surface area (Å²) in [6.07, 6.45) is 0. The molecule has 150 valence electrons. The van der Waals surface area contributed by atoms with Crippen molar-refractivity contribution in [3.05, 3.63) is 82.3 Å². The highest BCUT2D eigenvalue weighted by Gasteiger charge is 2.25. The summed E-state index contributed by atoms with van der Waals surface area (Å²) in [6, 6.07) is 19.4. The van der Waals surface area contributed by atoms with Gasteiger partial charge in [0.2, 0.25) is 0 Å². The van der Waals surface area contributed by atoms with Gasteiger partial charge in [0, 0.05) is 16.5 Å². The molecule has 0 aliphatic heterocycles. The molecular formula is C23H20N4O2S. The van der Waals surface area contributed by atoms with Gasteiger partial charge in [-0.1, -0.05) is 60.7 Å². The van der Waals surface area contributed by atoms with Crippen LogP contribution >= 0.6 is 11.3 Å². The van der Waals surface area contributed by atoms with E-state index in [9.17, 15) is 4.79 Å². The molecule has 0 spiro atoms. The predicted octanol–water partition coefficient (Wildman–Crippen LogP) is 4.97. The Kier molecular flexibility index (Phi) is 5.81. The largest absolute Gasteiger partial charge is 0.465 e. The van der Waals surface area contributed by atoms with E-state index >= 15 is 0 Å². The molecule has 0 atom stereocenters. The van der Waals surface area contributed by atoms with Gasteiger partial charge in [-0.05, 0) is 12.5 Å².